The molecule has 1 aliphatic carbocycles. The van der Waals surface area contributed by atoms with Gasteiger partial charge in [0.25, 0.3) is 0 Å². The van der Waals surface area contributed by atoms with Gasteiger partial charge < -0.3 is 9.88 Å². The van der Waals surface area contributed by atoms with Gasteiger partial charge in [0.1, 0.15) is 0 Å². The first-order chi connectivity index (χ1) is 10.1. The van der Waals surface area contributed by atoms with E-state index < -0.39 is 0 Å². The van der Waals surface area contributed by atoms with Crippen molar-refractivity contribution in [3.63, 3.8) is 0 Å². The van der Waals surface area contributed by atoms with Gasteiger partial charge in [0.15, 0.2) is 0 Å². The zero-order valence-electron chi connectivity index (χ0n) is 12.5. The van der Waals surface area contributed by atoms with Crippen LogP contribution < -0.4 is 5.32 Å². The number of benzene rings is 1. The second-order valence-corrected chi connectivity index (χ2v) is 6.09. The molecule has 0 radical (unpaired) electrons. The summed E-state index contributed by atoms with van der Waals surface area (Å²) < 4.78 is 1.98. The molecule has 21 heavy (non-hydrogen) atoms. The third-order valence-corrected chi connectivity index (χ3v) is 4.18. The predicted octanol–water partition coefficient (Wildman–Crippen LogP) is 2.43. The van der Waals surface area contributed by atoms with Crippen LogP contribution in [0.4, 0.5) is 0 Å². The number of amides is 1. The van der Waals surface area contributed by atoms with Gasteiger partial charge >= 0.3 is 0 Å². The SMILES string of the molecule is Cc1cccc(C2(C(=O)N[C@@H](C)Cn3ccnc3)CC2)c1. The average Bonchev–Trinajstić information content (AvgIpc) is 3.12. The first kappa shape index (κ1) is 13.9. The van der Waals surface area contributed by atoms with Crippen molar-refractivity contribution in [2.45, 2.75) is 44.7 Å². The molecule has 0 bridgehead atoms. The minimum atomic E-state index is -0.296. The number of aromatic nitrogens is 2. The number of imidazole rings is 1. The molecule has 1 atom stereocenters. The molecular formula is C17H21N3O. The Labute approximate surface area is 125 Å². The van der Waals surface area contributed by atoms with E-state index in [1.807, 2.05) is 23.8 Å². The Morgan fingerprint density at radius 1 is 1.48 bits per heavy atom. The van der Waals surface area contributed by atoms with Crippen LogP contribution in [0.5, 0.6) is 0 Å². The molecule has 1 heterocycles. The lowest BCUT2D eigenvalue weighted by molar-refractivity contribution is -0.124. The Balaban J connectivity index is 1.67. The zero-order valence-corrected chi connectivity index (χ0v) is 12.5. The number of carbonyl (C=O) groups is 1. The fourth-order valence-corrected chi connectivity index (χ4v) is 2.83. The number of aryl methyl sites for hydroxylation is 1. The summed E-state index contributed by atoms with van der Waals surface area (Å²) in [5.41, 5.74) is 2.06. The maximum absolute atomic E-state index is 12.6. The Morgan fingerprint density at radius 2 is 2.29 bits per heavy atom. The van der Waals surface area contributed by atoms with Gasteiger partial charge in [-0.2, -0.15) is 0 Å². The summed E-state index contributed by atoms with van der Waals surface area (Å²) in [5.74, 6) is 0.153. The maximum atomic E-state index is 12.6. The van der Waals surface area contributed by atoms with Crippen molar-refractivity contribution in [3.05, 3.63) is 54.1 Å². The molecular weight excluding hydrogens is 262 g/mol. The molecule has 0 saturated heterocycles. The van der Waals surface area contributed by atoms with E-state index in [1.54, 1.807) is 12.5 Å². The highest BCUT2D eigenvalue weighted by molar-refractivity contribution is 5.91. The van der Waals surface area contributed by atoms with Crippen LogP contribution >= 0.6 is 0 Å². The molecule has 1 amide bonds. The summed E-state index contributed by atoms with van der Waals surface area (Å²) in [7, 11) is 0. The normalized spacial score (nSPS) is 17.2. The van der Waals surface area contributed by atoms with Crippen LogP contribution in [0.2, 0.25) is 0 Å². The van der Waals surface area contributed by atoms with Crippen LogP contribution in [0.15, 0.2) is 43.0 Å². The van der Waals surface area contributed by atoms with E-state index in [0.29, 0.717) is 0 Å². The molecule has 1 aliphatic rings. The van der Waals surface area contributed by atoms with Crippen LogP contribution in [0.25, 0.3) is 0 Å². The fourth-order valence-electron chi connectivity index (χ4n) is 2.83. The molecule has 1 saturated carbocycles. The van der Waals surface area contributed by atoms with Gasteiger partial charge in [-0.25, -0.2) is 4.98 Å². The highest BCUT2D eigenvalue weighted by atomic mass is 16.2. The number of nitrogens with zero attached hydrogens (tertiary/aromatic N) is 2. The predicted molar refractivity (Wildman–Crippen MR) is 81.9 cm³/mol. The second kappa shape index (κ2) is 5.35. The molecule has 1 fully saturated rings. The van der Waals surface area contributed by atoms with Crippen LogP contribution in [0.1, 0.15) is 30.9 Å². The van der Waals surface area contributed by atoms with Crippen molar-refractivity contribution in [3.8, 4) is 0 Å². The lowest BCUT2D eigenvalue weighted by Gasteiger charge is -2.20. The van der Waals surface area contributed by atoms with Crippen molar-refractivity contribution >= 4 is 5.91 Å². The largest absolute Gasteiger partial charge is 0.351 e. The lowest BCUT2D eigenvalue weighted by atomic mass is 9.93. The van der Waals surface area contributed by atoms with Gasteiger partial charge in [-0.05, 0) is 32.3 Å². The van der Waals surface area contributed by atoms with E-state index in [1.165, 1.54) is 5.56 Å². The van der Waals surface area contributed by atoms with Crippen molar-refractivity contribution in [2.24, 2.45) is 0 Å². The van der Waals surface area contributed by atoms with Gasteiger partial charge in [-0.3, -0.25) is 4.79 Å². The summed E-state index contributed by atoms with van der Waals surface area (Å²) in [6.45, 7) is 4.85. The standard InChI is InChI=1S/C17H21N3O/c1-13-4-3-5-15(10-13)17(6-7-17)16(21)19-14(2)11-20-9-8-18-12-20/h3-5,8-10,12,14H,6-7,11H2,1-2H3,(H,19,21)/t14-/m0/s1. The van der Waals surface area contributed by atoms with E-state index in [0.717, 1.165) is 24.9 Å². The number of hydrogen-bond acceptors (Lipinski definition) is 2. The monoisotopic (exact) mass is 283 g/mol. The number of nitrogens with one attached hydrogen (secondary N) is 1. The van der Waals surface area contributed by atoms with Gasteiger partial charge in [-0.1, -0.05) is 29.8 Å². The van der Waals surface area contributed by atoms with Crippen molar-refractivity contribution in [2.75, 3.05) is 0 Å². The van der Waals surface area contributed by atoms with Gasteiger partial charge in [0, 0.05) is 25.0 Å². The first-order valence-corrected chi connectivity index (χ1v) is 7.44. The topological polar surface area (TPSA) is 46.9 Å². The summed E-state index contributed by atoms with van der Waals surface area (Å²) >= 11 is 0. The van der Waals surface area contributed by atoms with Crippen LogP contribution in [-0.2, 0) is 16.8 Å². The van der Waals surface area contributed by atoms with Crippen LogP contribution in [0.3, 0.4) is 0 Å². The highest BCUT2D eigenvalue weighted by Gasteiger charge is 2.51. The molecule has 1 aromatic carbocycles. The molecule has 2 aromatic rings. The third kappa shape index (κ3) is 2.84. The van der Waals surface area contributed by atoms with Crippen molar-refractivity contribution in [1.82, 2.24) is 14.9 Å². The number of rotatable bonds is 5. The molecule has 0 unspecified atom stereocenters. The summed E-state index contributed by atoms with van der Waals surface area (Å²) in [6.07, 6.45) is 7.33. The number of hydrogen-bond donors (Lipinski definition) is 1. The van der Waals surface area contributed by atoms with Crippen molar-refractivity contribution in [1.29, 1.82) is 0 Å². The summed E-state index contributed by atoms with van der Waals surface area (Å²) in [5, 5.41) is 3.15. The second-order valence-electron chi connectivity index (χ2n) is 6.09. The number of carbonyl (C=O) groups excluding carboxylic acids is 1. The van der Waals surface area contributed by atoms with Crippen LogP contribution in [0, 0.1) is 6.92 Å². The Morgan fingerprint density at radius 3 is 2.90 bits per heavy atom. The molecule has 0 spiro atoms. The highest BCUT2D eigenvalue weighted by Crippen LogP contribution is 2.48. The lowest BCUT2D eigenvalue weighted by Crippen LogP contribution is -2.42. The van der Waals surface area contributed by atoms with E-state index in [4.69, 9.17) is 0 Å². The van der Waals surface area contributed by atoms with Crippen molar-refractivity contribution < 1.29 is 4.79 Å². The third-order valence-electron chi connectivity index (χ3n) is 4.18. The zero-order chi connectivity index (χ0) is 14.9. The van der Waals surface area contributed by atoms with E-state index in [9.17, 15) is 4.79 Å². The maximum Gasteiger partial charge on any atom is 0.230 e. The Hall–Kier alpha value is -2.10. The van der Waals surface area contributed by atoms with E-state index >= 15 is 0 Å². The Kier molecular flexibility index (Phi) is 3.53. The quantitative estimate of drug-likeness (QED) is 0.916. The molecule has 3 rings (SSSR count). The first-order valence-electron chi connectivity index (χ1n) is 7.44. The van der Waals surface area contributed by atoms with E-state index in [2.05, 4.69) is 35.4 Å². The van der Waals surface area contributed by atoms with Crippen LogP contribution in [-0.4, -0.2) is 21.5 Å². The fraction of sp³-hybridized carbons (Fsp3) is 0.412. The molecule has 1 aromatic heterocycles. The summed E-state index contributed by atoms with van der Waals surface area (Å²) in [6, 6.07) is 8.40. The summed E-state index contributed by atoms with van der Waals surface area (Å²) in [4.78, 5) is 16.7. The minimum Gasteiger partial charge on any atom is -0.351 e. The average molecular weight is 283 g/mol. The van der Waals surface area contributed by atoms with Gasteiger partial charge in [0.2, 0.25) is 5.91 Å². The molecule has 1 N–H and O–H groups in total. The Bertz CT molecular complexity index is 629. The smallest absolute Gasteiger partial charge is 0.230 e. The minimum absolute atomic E-state index is 0.0917. The molecule has 4 nitrogen and oxygen atoms in total. The van der Waals surface area contributed by atoms with Gasteiger partial charge in [-0.15, -0.1) is 0 Å². The van der Waals surface area contributed by atoms with E-state index in [-0.39, 0.29) is 17.4 Å². The molecule has 4 heteroatoms. The molecule has 0 aliphatic heterocycles. The molecule has 110 valence electrons. The van der Waals surface area contributed by atoms with Gasteiger partial charge in [0.05, 0.1) is 11.7 Å².